The summed E-state index contributed by atoms with van der Waals surface area (Å²) in [6, 6.07) is 3.88. The lowest BCUT2D eigenvalue weighted by Crippen LogP contribution is -2.22. The molecule has 1 aromatic rings. The first-order valence-corrected chi connectivity index (χ1v) is 4.71. The van der Waals surface area contributed by atoms with Crippen LogP contribution < -0.4 is 5.32 Å². The van der Waals surface area contributed by atoms with Crippen molar-refractivity contribution < 1.29 is 9.90 Å². The van der Waals surface area contributed by atoms with E-state index in [2.05, 4.69) is 16.9 Å². The minimum absolute atomic E-state index is 0.185. The van der Waals surface area contributed by atoms with E-state index in [1.807, 2.05) is 12.1 Å². The zero-order valence-electron chi connectivity index (χ0n) is 8.44. The molecule has 15 heavy (non-hydrogen) atoms. The van der Waals surface area contributed by atoms with Gasteiger partial charge >= 0.3 is 5.97 Å². The number of carboxylic acids is 1. The highest BCUT2D eigenvalue weighted by molar-refractivity contribution is 5.86. The van der Waals surface area contributed by atoms with Gasteiger partial charge in [0.05, 0.1) is 0 Å². The Morgan fingerprint density at radius 1 is 1.47 bits per heavy atom. The number of pyridine rings is 1. The number of nitrogens with one attached hydrogen (secondary N) is 1. The number of aliphatic carboxylic acids is 1. The fourth-order valence-corrected chi connectivity index (χ4v) is 1.10. The van der Waals surface area contributed by atoms with Crippen LogP contribution in [0.15, 0.2) is 36.7 Å². The standard InChI is InChI=1S/C11H14N2O2/c1-9(11(14)15)8-13-7-4-10-2-5-12-6-3-10/h2-3,5-6,13H,1,4,7-8H2,(H,14,15). The Balaban J connectivity index is 2.18. The van der Waals surface area contributed by atoms with Gasteiger partial charge in [-0.05, 0) is 30.7 Å². The maximum absolute atomic E-state index is 10.4. The van der Waals surface area contributed by atoms with Crippen molar-refractivity contribution in [1.82, 2.24) is 10.3 Å². The number of hydrogen-bond acceptors (Lipinski definition) is 3. The molecular weight excluding hydrogens is 192 g/mol. The second-order valence-electron chi connectivity index (χ2n) is 3.19. The quantitative estimate of drug-likeness (QED) is 0.535. The molecule has 0 amide bonds. The van der Waals surface area contributed by atoms with E-state index in [4.69, 9.17) is 5.11 Å². The predicted octanol–water partition coefficient (Wildman–Crippen LogP) is 0.854. The number of nitrogens with zero attached hydrogens (tertiary/aromatic N) is 1. The molecule has 0 saturated carbocycles. The highest BCUT2D eigenvalue weighted by Gasteiger charge is 2.01. The van der Waals surface area contributed by atoms with Crippen LogP contribution in [0.1, 0.15) is 5.56 Å². The first-order chi connectivity index (χ1) is 7.20. The second-order valence-corrected chi connectivity index (χ2v) is 3.19. The van der Waals surface area contributed by atoms with E-state index in [9.17, 15) is 4.79 Å². The smallest absolute Gasteiger partial charge is 0.332 e. The highest BCUT2D eigenvalue weighted by Crippen LogP contribution is 1.96. The van der Waals surface area contributed by atoms with Crippen molar-refractivity contribution in [1.29, 1.82) is 0 Å². The van der Waals surface area contributed by atoms with Crippen molar-refractivity contribution in [3.8, 4) is 0 Å². The topological polar surface area (TPSA) is 62.2 Å². The molecule has 0 atom stereocenters. The van der Waals surface area contributed by atoms with Gasteiger partial charge in [-0.1, -0.05) is 6.58 Å². The number of aromatic nitrogens is 1. The summed E-state index contributed by atoms with van der Waals surface area (Å²) in [7, 11) is 0. The van der Waals surface area contributed by atoms with Crippen molar-refractivity contribution in [2.75, 3.05) is 13.1 Å². The Morgan fingerprint density at radius 3 is 2.73 bits per heavy atom. The molecule has 0 fully saturated rings. The minimum Gasteiger partial charge on any atom is -0.478 e. The van der Waals surface area contributed by atoms with E-state index < -0.39 is 5.97 Å². The number of rotatable bonds is 6. The van der Waals surface area contributed by atoms with Gasteiger partial charge in [0.25, 0.3) is 0 Å². The van der Waals surface area contributed by atoms with Crippen LogP contribution in [0.5, 0.6) is 0 Å². The SMILES string of the molecule is C=C(CNCCc1ccncc1)C(=O)O. The Bertz CT molecular complexity index is 336. The normalized spacial score (nSPS) is 9.87. The fourth-order valence-electron chi connectivity index (χ4n) is 1.10. The van der Waals surface area contributed by atoms with Crippen molar-refractivity contribution in [3.05, 3.63) is 42.2 Å². The molecule has 0 spiro atoms. The molecule has 0 unspecified atom stereocenters. The minimum atomic E-state index is -0.952. The first-order valence-electron chi connectivity index (χ1n) is 4.71. The maximum Gasteiger partial charge on any atom is 0.332 e. The molecule has 4 nitrogen and oxygen atoms in total. The summed E-state index contributed by atoms with van der Waals surface area (Å²) in [6.07, 6.45) is 4.34. The highest BCUT2D eigenvalue weighted by atomic mass is 16.4. The Morgan fingerprint density at radius 2 is 2.13 bits per heavy atom. The van der Waals surface area contributed by atoms with Gasteiger partial charge in [0.2, 0.25) is 0 Å². The van der Waals surface area contributed by atoms with Crippen LogP contribution in [0, 0.1) is 0 Å². The zero-order valence-corrected chi connectivity index (χ0v) is 8.44. The third kappa shape index (κ3) is 4.37. The molecule has 0 aliphatic carbocycles. The molecule has 0 aliphatic heterocycles. The summed E-state index contributed by atoms with van der Waals surface area (Å²) in [5, 5.41) is 11.6. The van der Waals surface area contributed by atoms with E-state index in [1.54, 1.807) is 12.4 Å². The summed E-state index contributed by atoms with van der Waals surface area (Å²) in [4.78, 5) is 14.3. The fraction of sp³-hybridized carbons (Fsp3) is 0.273. The molecule has 1 heterocycles. The molecule has 0 aliphatic rings. The summed E-state index contributed by atoms with van der Waals surface area (Å²) in [5.74, 6) is -0.952. The van der Waals surface area contributed by atoms with Crippen LogP contribution in [-0.4, -0.2) is 29.1 Å². The summed E-state index contributed by atoms with van der Waals surface area (Å²) in [6.45, 7) is 4.48. The van der Waals surface area contributed by atoms with E-state index in [-0.39, 0.29) is 5.57 Å². The Hall–Kier alpha value is -1.68. The van der Waals surface area contributed by atoms with Crippen LogP contribution in [0.4, 0.5) is 0 Å². The van der Waals surface area contributed by atoms with E-state index in [0.717, 1.165) is 13.0 Å². The first kappa shape index (κ1) is 11.4. The Kier molecular flexibility index (Phi) is 4.50. The van der Waals surface area contributed by atoms with Gasteiger partial charge in [0.1, 0.15) is 0 Å². The lowest BCUT2D eigenvalue weighted by molar-refractivity contribution is -0.132. The molecule has 4 heteroatoms. The van der Waals surface area contributed by atoms with Crippen molar-refractivity contribution in [2.24, 2.45) is 0 Å². The van der Waals surface area contributed by atoms with Gasteiger partial charge in [-0.2, -0.15) is 0 Å². The van der Waals surface area contributed by atoms with Crippen molar-refractivity contribution in [3.63, 3.8) is 0 Å². The zero-order chi connectivity index (χ0) is 11.1. The molecule has 1 aromatic heterocycles. The van der Waals surface area contributed by atoms with E-state index >= 15 is 0 Å². The summed E-state index contributed by atoms with van der Waals surface area (Å²) >= 11 is 0. The van der Waals surface area contributed by atoms with Crippen molar-refractivity contribution >= 4 is 5.97 Å². The summed E-state index contributed by atoms with van der Waals surface area (Å²) in [5.41, 5.74) is 1.36. The van der Waals surface area contributed by atoms with Crippen LogP contribution in [0.2, 0.25) is 0 Å². The molecule has 0 aromatic carbocycles. The van der Waals surface area contributed by atoms with Gasteiger partial charge in [-0.15, -0.1) is 0 Å². The molecular formula is C11H14N2O2. The third-order valence-electron chi connectivity index (χ3n) is 1.98. The van der Waals surface area contributed by atoms with E-state index in [0.29, 0.717) is 6.54 Å². The molecule has 0 radical (unpaired) electrons. The van der Waals surface area contributed by atoms with Gasteiger partial charge in [-0.3, -0.25) is 4.98 Å². The number of hydrogen-bond donors (Lipinski definition) is 2. The van der Waals surface area contributed by atoms with Crippen LogP contribution >= 0.6 is 0 Å². The van der Waals surface area contributed by atoms with Gasteiger partial charge in [0, 0.05) is 24.5 Å². The summed E-state index contributed by atoms with van der Waals surface area (Å²) < 4.78 is 0. The predicted molar refractivity (Wildman–Crippen MR) is 57.6 cm³/mol. The largest absolute Gasteiger partial charge is 0.478 e. The number of carboxylic acid groups (broad SMARTS) is 1. The van der Waals surface area contributed by atoms with Gasteiger partial charge in [-0.25, -0.2) is 4.79 Å². The monoisotopic (exact) mass is 206 g/mol. The van der Waals surface area contributed by atoms with Crippen LogP contribution in [0.3, 0.4) is 0 Å². The third-order valence-corrected chi connectivity index (χ3v) is 1.98. The van der Waals surface area contributed by atoms with E-state index in [1.165, 1.54) is 5.56 Å². The lowest BCUT2D eigenvalue weighted by atomic mass is 10.2. The Labute approximate surface area is 88.7 Å². The molecule has 0 saturated heterocycles. The lowest BCUT2D eigenvalue weighted by Gasteiger charge is -2.04. The average molecular weight is 206 g/mol. The molecule has 2 N–H and O–H groups in total. The molecule has 80 valence electrons. The average Bonchev–Trinajstić information content (AvgIpc) is 2.25. The van der Waals surface area contributed by atoms with Gasteiger partial charge in [0.15, 0.2) is 0 Å². The maximum atomic E-state index is 10.4. The van der Waals surface area contributed by atoms with Crippen LogP contribution in [-0.2, 0) is 11.2 Å². The van der Waals surface area contributed by atoms with Gasteiger partial charge < -0.3 is 10.4 Å². The van der Waals surface area contributed by atoms with Crippen LogP contribution in [0.25, 0.3) is 0 Å². The molecule has 0 bridgehead atoms. The molecule has 1 rings (SSSR count). The number of carbonyl (C=O) groups is 1. The van der Waals surface area contributed by atoms with Crippen molar-refractivity contribution in [2.45, 2.75) is 6.42 Å². The second kappa shape index (κ2) is 5.93.